The van der Waals surface area contributed by atoms with Gasteiger partial charge in [0.25, 0.3) is 15.9 Å². The molecule has 2 heterocycles. The fraction of sp³-hybridized carbons (Fsp3) is 0.211. The summed E-state index contributed by atoms with van der Waals surface area (Å²) in [4.78, 5) is 27.2. The smallest absolute Gasteiger partial charge is 0.338 e. The Morgan fingerprint density at radius 1 is 1.23 bits per heavy atom. The van der Waals surface area contributed by atoms with E-state index in [-0.39, 0.29) is 11.3 Å². The lowest BCUT2D eigenvalue weighted by atomic mass is 10.2. The Labute approximate surface area is 176 Å². The predicted molar refractivity (Wildman–Crippen MR) is 111 cm³/mol. The zero-order chi connectivity index (χ0) is 21.5. The first-order chi connectivity index (χ1) is 14.2. The first kappa shape index (κ1) is 20.4. The van der Waals surface area contributed by atoms with Gasteiger partial charge in [0.05, 0.1) is 17.0 Å². The molecule has 11 heteroatoms. The minimum absolute atomic E-state index is 0.0685. The number of esters is 1. The molecular weight excluding hydrogens is 433 g/mol. The van der Waals surface area contributed by atoms with Crippen LogP contribution in [0.2, 0.25) is 0 Å². The molecule has 0 spiro atoms. The molecule has 8 nitrogen and oxygen atoms in total. The Morgan fingerprint density at radius 2 is 1.97 bits per heavy atom. The summed E-state index contributed by atoms with van der Waals surface area (Å²) in [6.07, 6.45) is -1.08. The number of rotatable bonds is 4. The molecule has 0 aliphatic carbocycles. The van der Waals surface area contributed by atoms with Crippen LogP contribution in [0.5, 0.6) is 0 Å². The highest BCUT2D eigenvalue weighted by atomic mass is 32.2. The third-order valence-corrected chi connectivity index (χ3v) is 6.78. The summed E-state index contributed by atoms with van der Waals surface area (Å²) in [5, 5.41) is 2.90. The number of anilines is 2. The van der Waals surface area contributed by atoms with E-state index >= 15 is 0 Å². The molecule has 1 amide bonds. The maximum absolute atomic E-state index is 12.9. The van der Waals surface area contributed by atoms with Crippen LogP contribution < -0.4 is 10.2 Å². The second-order valence-electron chi connectivity index (χ2n) is 6.64. The van der Waals surface area contributed by atoms with Gasteiger partial charge in [-0.05, 0) is 61.2 Å². The second-order valence-corrected chi connectivity index (χ2v) is 9.40. The van der Waals surface area contributed by atoms with Crippen molar-refractivity contribution < 1.29 is 27.1 Å². The highest BCUT2D eigenvalue weighted by molar-refractivity contribution is 8.15. The Balaban J connectivity index is 1.44. The van der Waals surface area contributed by atoms with Crippen LogP contribution in [0.15, 0.2) is 51.8 Å². The molecule has 1 atom stereocenters. The summed E-state index contributed by atoms with van der Waals surface area (Å²) in [7, 11) is -3.47. The predicted octanol–water partition coefficient (Wildman–Crippen LogP) is 2.62. The third kappa shape index (κ3) is 4.17. The van der Waals surface area contributed by atoms with Crippen molar-refractivity contribution in [3.63, 3.8) is 0 Å². The van der Waals surface area contributed by atoms with Crippen molar-refractivity contribution in [3.8, 4) is 0 Å². The highest BCUT2D eigenvalue weighted by Gasteiger charge is 2.33. The van der Waals surface area contributed by atoms with Crippen LogP contribution in [0.3, 0.4) is 0 Å². The topological polar surface area (TPSA) is 105 Å². The van der Waals surface area contributed by atoms with E-state index in [4.69, 9.17) is 4.74 Å². The molecule has 0 aromatic heterocycles. The van der Waals surface area contributed by atoms with Crippen molar-refractivity contribution in [3.05, 3.63) is 53.8 Å². The Bertz CT molecular complexity index is 1170. The van der Waals surface area contributed by atoms with E-state index in [0.29, 0.717) is 22.3 Å². The first-order valence-corrected chi connectivity index (χ1v) is 11.3. The van der Waals surface area contributed by atoms with Crippen LogP contribution in [-0.2, 0) is 19.6 Å². The van der Waals surface area contributed by atoms with Gasteiger partial charge in [-0.3, -0.25) is 4.79 Å². The number of fused-ring (bicyclic) bond motifs is 3. The van der Waals surface area contributed by atoms with Crippen LogP contribution >= 0.6 is 11.8 Å². The fourth-order valence-corrected chi connectivity index (χ4v) is 5.21. The molecule has 0 unspecified atom stereocenters. The Morgan fingerprint density at radius 3 is 2.70 bits per heavy atom. The van der Waals surface area contributed by atoms with Gasteiger partial charge in [-0.2, -0.15) is 0 Å². The molecule has 2 aromatic rings. The Hall–Kier alpha value is -2.92. The van der Waals surface area contributed by atoms with Crippen LogP contribution in [-0.4, -0.2) is 43.9 Å². The van der Waals surface area contributed by atoms with Gasteiger partial charge in [-0.1, -0.05) is 0 Å². The van der Waals surface area contributed by atoms with E-state index in [2.05, 4.69) is 9.71 Å². The number of amides is 1. The van der Waals surface area contributed by atoms with E-state index < -0.39 is 33.8 Å². The van der Waals surface area contributed by atoms with Crippen molar-refractivity contribution >= 4 is 50.2 Å². The maximum atomic E-state index is 12.9. The molecule has 0 fully saturated rings. The largest absolute Gasteiger partial charge is 0.449 e. The van der Waals surface area contributed by atoms with Gasteiger partial charge >= 0.3 is 5.97 Å². The van der Waals surface area contributed by atoms with Gasteiger partial charge in [0, 0.05) is 17.1 Å². The number of carbonyl (C=O) groups is 2. The number of carbonyl (C=O) groups excluding carboxylic acids is 2. The quantitative estimate of drug-likeness (QED) is 0.716. The summed E-state index contributed by atoms with van der Waals surface area (Å²) < 4.78 is 45.3. The SMILES string of the molecule is C[C@H](OC(=O)c1ccc2c(c1)SC1=NS(=O)(=O)CCN12)C(=O)Nc1ccc(F)cc1. The monoisotopic (exact) mass is 449 g/mol. The van der Waals surface area contributed by atoms with Gasteiger partial charge in [0.2, 0.25) is 0 Å². The van der Waals surface area contributed by atoms with Crippen molar-refractivity contribution in [2.24, 2.45) is 4.40 Å². The van der Waals surface area contributed by atoms with Crippen LogP contribution in [0, 0.1) is 5.82 Å². The molecule has 156 valence electrons. The minimum Gasteiger partial charge on any atom is -0.449 e. The lowest BCUT2D eigenvalue weighted by Crippen LogP contribution is -2.35. The number of sulfonamides is 1. The van der Waals surface area contributed by atoms with Crippen molar-refractivity contribution in [1.29, 1.82) is 0 Å². The van der Waals surface area contributed by atoms with Gasteiger partial charge in [-0.15, -0.1) is 4.40 Å². The fourth-order valence-electron chi connectivity index (χ4n) is 2.92. The van der Waals surface area contributed by atoms with Crippen molar-refractivity contribution in [2.75, 3.05) is 22.5 Å². The van der Waals surface area contributed by atoms with Gasteiger partial charge in [0.15, 0.2) is 11.3 Å². The molecule has 0 bridgehead atoms. The lowest BCUT2D eigenvalue weighted by Gasteiger charge is -2.22. The molecule has 1 N–H and O–H groups in total. The number of benzene rings is 2. The molecule has 0 saturated heterocycles. The van der Waals surface area contributed by atoms with E-state index in [1.165, 1.54) is 31.2 Å². The van der Waals surface area contributed by atoms with E-state index in [0.717, 1.165) is 17.4 Å². The second kappa shape index (κ2) is 7.73. The zero-order valence-corrected chi connectivity index (χ0v) is 17.3. The molecule has 0 radical (unpaired) electrons. The lowest BCUT2D eigenvalue weighted by molar-refractivity contribution is -0.123. The van der Waals surface area contributed by atoms with Gasteiger partial charge < -0.3 is 15.0 Å². The molecule has 30 heavy (non-hydrogen) atoms. The first-order valence-electron chi connectivity index (χ1n) is 8.91. The highest BCUT2D eigenvalue weighted by Crippen LogP contribution is 2.42. The normalized spacial score (nSPS) is 17.4. The van der Waals surface area contributed by atoms with Gasteiger partial charge in [0.1, 0.15) is 5.82 Å². The minimum atomic E-state index is -3.47. The zero-order valence-electron chi connectivity index (χ0n) is 15.7. The van der Waals surface area contributed by atoms with E-state index in [1.807, 2.05) is 0 Å². The number of thioether (sulfide) groups is 1. The number of hydrogen-bond donors (Lipinski definition) is 1. The number of amidine groups is 1. The number of nitrogens with one attached hydrogen (secondary N) is 1. The third-order valence-electron chi connectivity index (χ3n) is 4.47. The molecule has 4 rings (SSSR count). The van der Waals surface area contributed by atoms with Crippen molar-refractivity contribution in [1.82, 2.24) is 0 Å². The summed E-state index contributed by atoms with van der Waals surface area (Å²) in [6.45, 7) is 1.73. The maximum Gasteiger partial charge on any atom is 0.338 e. The Kier molecular flexibility index (Phi) is 5.24. The van der Waals surface area contributed by atoms with Crippen LogP contribution in [0.25, 0.3) is 0 Å². The number of hydrogen-bond acceptors (Lipinski definition) is 7. The molecular formula is C19H16FN3O5S2. The summed E-state index contributed by atoms with van der Waals surface area (Å²) in [6, 6.07) is 10.0. The summed E-state index contributed by atoms with van der Waals surface area (Å²) in [5.74, 6) is -1.75. The molecule has 0 saturated carbocycles. The number of halogens is 1. The molecule has 2 aromatic carbocycles. The average molecular weight is 449 g/mol. The van der Waals surface area contributed by atoms with E-state index in [9.17, 15) is 22.4 Å². The summed E-state index contributed by atoms with van der Waals surface area (Å²) >= 11 is 1.16. The van der Waals surface area contributed by atoms with Crippen LogP contribution in [0.1, 0.15) is 17.3 Å². The van der Waals surface area contributed by atoms with Crippen molar-refractivity contribution in [2.45, 2.75) is 17.9 Å². The molecule has 2 aliphatic heterocycles. The van der Waals surface area contributed by atoms with Gasteiger partial charge in [-0.25, -0.2) is 17.6 Å². The average Bonchev–Trinajstić information content (AvgIpc) is 3.04. The van der Waals surface area contributed by atoms with E-state index in [1.54, 1.807) is 23.1 Å². The standard InChI is InChI=1S/C19H16FN3O5S2/c1-11(17(24)21-14-5-3-13(20)4-6-14)28-18(25)12-2-7-15-16(10-12)29-19-22-30(26,27)9-8-23(15)19/h2-7,10-11H,8-9H2,1H3,(H,21,24)/t11-/m0/s1. The van der Waals surface area contributed by atoms with Crippen LogP contribution in [0.4, 0.5) is 15.8 Å². The molecule has 2 aliphatic rings. The number of ether oxygens (including phenoxy) is 1. The summed E-state index contributed by atoms with van der Waals surface area (Å²) in [5.41, 5.74) is 1.38. The number of nitrogens with zero attached hydrogens (tertiary/aromatic N) is 2.